The van der Waals surface area contributed by atoms with Crippen LogP contribution in [0.25, 0.3) is 0 Å². The molecule has 2 rings (SSSR count). The van der Waals surface area contributed by atoms with E-state index in [0.29, 0.717) is 12.0 Å². The van der Waals surface area contributed by atoms with Crippen molar-refractivity contribution in [1.29, 1.82) is 0 Å². The third kappa shape index (κ3) is 5.47. The molecule has 1 atom stereocenters. The number of nitrogens with zero attached hydrogens (tertiary/aromatic N) is 2. The highest BCUT2D eigenvalue weighted by atomic mass is 127. The highest BCUT2D eigenvalue weighted by molar-refractivity contribution is 14.0. The van der Waals surface area contributed by atoms with Gasteiger partial charge in [-0.2, -0.15) is 0 Å². The molecule has 1 aliphatic rings. The van der Waals surface area contributed by atoms with Crippen LogP contribution < -0.4 is 11.1 Å². The Labute approximate surface area is 145 Å². The molecule has 1 heterocycles. The second-order valence-corrected chi connectivity index (χ2v) is 5.49. The average Bonchev–Trinajstić information content (AvgIpc) is 2.50. The van der Waals surface area contributed by atoms with E-state index in [1.54, 1.807) is 0 Å². The quantitative estimate of drug-likeness (QED) is 0.452. The Balaban J connectivity index is 0.00000220. The molecule has 0 fully saturated rings. The Bertz CT molecular complexity index is 461. The fourth-order valence-corrected chi connectivity index (χ4v) is 2.55. The molecular formula is C16H27IN4. The van der Waals surface area contributed by atoms with Crippen LogP contribution in [0.3, 0.4) is 0 Å². The molecule has 118 valence electrons. The van der Waals surface area contributed by atoms with Gasteiger partial charge in [-0.15, -0.1) is 24.0 Å². The molecule has 1 aromatic carbocycles. The number of rotatable bonds is 5. The van der Waals surface area contributed by atoms with Crippen molar-refractivity contribution in [2.75, 3.05) is 19.6 Å². The van der Waals surface area contributed by atoms with Gasteiger partial charge in [-0.05, 0) is 30.9 Å². The molecule has 0 saturated heterocycles. The maximum absolute atomic E-state index is 5.83. The first-order valence-electron chi connectivity index (χ1n) is 7.55. The number of halogens is 1. The maximum atomic E-state index is 5.83. The molecule has 0 aromatic heterocycles. The average molecular weight is 402 g/mol. The van der Waals surface area contributed by atoms with Crippen LogP contribution in [0.1, 0.15) is 31.4 Å². The molecule has 1 aromatic rings. The summed E-state index contributed by atoms with van der Waals surface area (Å²) in [6.07, 6.45) is 2.20. The van der Waals surface area contributed by atoms with Crippen molar-refractivity contribution in [3.63, 3.8) is 0 Å². The van der Waals surface area contributed by atoms with Crippen molar-refractivity contribution in [3.8, 4) is 0 Å². The fraction of sp³-hybridized carbons (Fsp3) is 0.562. The molecule has 0 aliphatic carbocycles. The molecule has 5 heteroatoms. The van der Waals surface area contributed by atoms with E-state index < -0.39 is 0 Å². The number of guanidine groups is 1. The zero-order chi connectivity index (χ0) is 14.4. The van der Waals surface area contributed by atoms with Crippen LogP contribution in [0.5, 0.6) is 0 Å². The number of hydrogen-bond donors (Lipinski definition) is 2. The van der Waals surface area contributed by atoms with Crippen molar-refractivity contribution < 1.29 is 0 Å². The van der Waals surface area contributed by atoms with E-state index in [9.17, 15) is 0 Å². The zero-order valence-electron chi connectivity index (χ0n) is 13.0. The minimum absolute atomic E-state index is 0. The van der Waals surface area contributed by atoms with Crippen LogP contribution in [-0.2, 0) is 13.0 Å². The molecule has 0 bridgehead atoms. The van der Waals surface area contributed by atoms with Gasteiger partial charge < -0.3 is 11.1 Å². The highest BCUT2D eigenvalue weighted by Gasteiger charge is 2.19. The van der Waals surface area contributed by atoms with E-state index in [1.165, 1.54) is 11.1 Å². The predicted molar refractivity (Wildman–Crippen MR) is 100 cm³/mol. The van der Waals surface area contributed by atoms with Crippen molar-refractivity contribution in [1.82, 2.24) is 10.2 Å². The fourth-order valence-electron chi connectivity index (χ4n) is 2.55. The second-order valence-electron chi connectivity index (χ2n) is 5.49. The van der Waals surface area contributed by atoms with Gasteiger partial charge in [0, 0.05) is 25.7 Å². The van der Waals surface area contributed by atoms with E-state index in [-0.39, 0.29) is 24.0 Å². The predicted octanol–water partition coefficient (Wildman–Crippen LogP) is 2.37. The number of nitrogens with two attached hydrogens (primary N) is 1. The summed E-state index contributed by atoms with van der Waals surface area (Å²) in [5.74, 6) is 0.566. The molecule has 0 saturated carbocycles. The largest absolute Gasteiger partial charge is 0.370 e. The SMILES string of the molecule is CCCNC(N)=NCC(C)N1CCc2ccccc2C1.I. The number of aliphatic imine (C=N–C) groups is 1. The molecular weight excluding hydrogens is 375 g/mol. The van der Waals surface area contributed by atoms with Crippen LogP contribution in [0.2, 0.25) is 0 Å². The molecule has 21 heavy (non-hydrogen) atoms. The molecule has 0 spiro atoms. The lowest BCUT2D eigenvalue weighted by atomic mass is 9.99. The number of nitrogens with one attached hydrogen (secondary N) is 1. The van der Waals surface area contributed by atoms with Crippen LogP contribution in [0, 0.1) is 0 Å². The monoisotopic (exact) mass is 402 g/mol. The van der Waals surface area contributed by atoms with Crippen LogP contribution >= 0.6 is 24.0 Å². The molecule has 1 unspecified atom stereocenters. The minimum atomic E-state index is 0. The Morgan fingerprint density at radius 2 is 2.10 bits per heavy atom. The normalized spacial score (nSPS) is 16.8. The van der Waals surface area contributed by atoms with E-state index in [4.69, 9.17) is 5.73 Å². The smallest absolute Gasteiger partial charge is 0.188 e. The first-order chi connectivity index (χ1) is 9.70. The lowest BCUT2D eigenvalue weighted by Crippen LogP contribution is -2.40. The first-order valence-corrected chi connectivity index (χ1v) is 7.55. The van der Waals surface area contributed by atoms with Crippen LogP contribution in [0.4, 0.5) is 0 Å². The summed E-state index contributed by atoms with van der Waals surface area (Å²) in [6.45, 7) is 8.12. The van der Waals surface area contributed by atoms with Crippen molar-refractivity contribution in [2.24, 2.45) is 10.7 Å². The van der Waals surface area contributed by atoms with Crippen LogP contribution in [0.15, 0.2) is 29.3 Å². The Morgan fingerprint density at radius 1 is 1.38 bits per heavy atom. The summed E-state index contributed by atoms with van der Waals surface area (Å²) in [6, 6.07) is 9.14. The summed E-state index contributed by atoms with van der Waals surface area (Å²) in [5, 5.41) is 3.12. The Hall–Kier alpha value is -0.820. The Kier molecular flexibility index (Phi) is 8.03. The van der Waals surface area contributed by atoms with Gasteiger partial charge in [0.1, 0.15) is 0 Å². The van der Waals surface area contributed by atoms with Gasteiger partial charge in [0.25, 0.3) is 0 Å². The van der Waals surface area contributed by atoms with Gasteiger partial charge >= 0.3 is 0 Å². The van der Waals surface area contributed by atoms with Gasteiger partial charge in [-0.3, -0.25) is 9.89 Å². The van der Waals surface area contributed by atoms with Crippen LogP contribution in [-0.4, -0.2) is 36.5 Å². The van der Waals surface area contributed by atoms with E-state index >= 15 is 0 Å². The summed E-state index contributed by atoms with van der Waals surface area (Å²) >= 11 is 0. The van der Waals surface area contributed by atoms with E-state index in [2.05, 4.69) is 53.3 Å². The highest BCUT2D eigenvalue weighted by Crippen LogP contribution is 2.20. The lowest BCUT2D eigenvalue weighted by Gasteiger charge is -2.33. The minimum Gasteiger partial charge on any atom is -0.370 e. The van der Waals surface area contributed by atoms with Crippen molar-refractivity contribution in [2.45, 2.75) is 39.3 Å². The number of fused-ring (bicyclic) bond motifs is 1. The molecule has 0 amide bonds. The topological polar surface area (TPSA) is 53.6 Å². The summed E-state index contributed by atoms with van der Waals surface area (Å²) in [7, 11) is 0. The summed E-state index contributed by atoms with van der Waals surface area (Å²) in [5.41, 5.74) is 8.77. The van der Waals surface area contributed by atoms with Gasteiger partial charge in [0.05, 0.1) is 6.54 Å². The van der Waals surface area contributed by atoms with E-state index in [1.807, 2.05) is 0 Å². The number of hydrogen-bond acceptors (Lipinski definition) is 2. The summed E-state index contributed by atoms with van der Waals surface area (Å²) in [4.78, 5) is 6.92. The number of benzene rings is 1. The first kappa shape index (κ1) is 18.2. The molecule has 4 nitrogen and oxygen atoms in total. The van der Waals surface area contributed by atoms with Crippen molar-refractivity contribution >= 4 is 29.9 Å². The zero-order valence-corrected chi connectivity index (χ0v) is 15.3. The van der Waals surface area contributed by atoms with Crippen molar-refractivity contribution in [3.05, 3.63) is 35.4 Å². The van der Waals surface area contributed by atoms with Gasteiger partial charge in [-0.1, -0.05) is 31.2 Å². The molecule has 1 aliphatic heterocycles. The summed E-state index contributed by atoms with van der Waals surface area (Å²) < 4.78 is 0. The Morgan fingerprint density at radius 3 is 2.81 bits per heavy atom. The lowest BCUT2D eigenvalue weighted by molar-refractivity contribution is 0.195. The van der Waals surface area contributed by atoms with Gasteiger partial charge in [0.2, 0.25) is 0 Å². The molecule has 0 radical (unpaired) electrons. The molecule has 3 N–H and O–H groups in total. The van der Waals surface area contributed by atoms with Gasteiger partial charge in [-0.25, -0.2) is 0 Å². The van der Waals surface area contributed by atoms with Gasteiger partial charge in [0.15, 0.2) is 5.96 Å². The second kappa shape index (κ2) is 9.25. The third-order valence-corrected chi connectivity index (χ3v) is 3.87. The standard InChI is InChI=1S/C16H26N4.HI/c1-3-9-18-16(17)19-11-13(2)20-10-8-14-6-4-5-7-15(14)12-20;/h4-7,13H,3,8-12H2,1-2H3,(H3,17,18,19);1H. The maximum Gasteiger partial charge on any atom is 0.188 e. The van der Waals surface area contributed by atoms with E-state index in [0.717, 1.165) is 39.0 Å². The third-order valence-electron chi connectivity index (χ3n) is 3.87.